The van der Waals surface area contributed by atoms with Gasteiger partial charge in [-0.1, -0.05) is 266 Å². The molecule has 0 aromatic rings. The molecule has 2 atom stereocenters. The maximum absolute atomic E-state index is 12.7. The molecule has 0 amide bonds. The van der Waals surface area contributed by atoms with Gasteiger partial charge in [0.15, 0.2) is 6.10 Å². The first kappa shape index (κ1) is 59.4. The van der Waals surface area contributed by atoms with Crippen LogP contribution < -0.4 is 0 Å². The highest BCUT2D eigenvalue weighted by Crippen LogP contribution is 2.18. The van der Waals surface area contributed by atoms with Crippen molar-refractivity contribution in [3.05, 3.63) is 0 Å². The van der Waals surface area contributed by atoms with Gasteiger partial charge in [0.2, 0.25) is 0 Å². The molecule has 6 nitrogen and oxygen atoms in total. The summed E-state index contributed by atoms with van der Waals surface area (Å²) < 4.78 is 16.8. The van der Waals surface area contributed by atoms with Gasteiger partial charge in [-0.25, -0.2) is 0 Å². The molecule has 6 heteroatoms. The summed E-state index contributed by atoms with van der Waals surface area (Å²) in [5.41, 5.74) is 0. The van der Waals surface area contributed by atoms with Crippen molar-refractivity contribution in [2.24, 2.45) is 11.8 Å². The van der Waals surface area contributed by atoms with Crippen LogP contribution in [-0.2, 0) is 28.6 Å². The summed E-state index contributed by atoms with van der Waals surface area (Å²) in [6.07, 6.45) is 49.4. The van der Waals surface area contributed by atoms with Crippen LogP contribution in [0.4, 0.5) is 0 Å². The van der Waals surface area contributed by atoms with Crippen molar-refractivity contribution in [2.75, 3.05) is 13.2 Å². The Balaban J connectivity index is 4.21. The lowest BCUT2D eigenvalue weighted by Crippen LogP contribution is -2.30. The van der Waals surface area contributed by atoms with Crippen LogP contribution in [0.25, 0.3) is 0 Å². The highest BCUT2D eigenvalue weighted by Gasteiger charge is 2.19. The maximum Gasteiger partial charge on any atom is 0.306 e. The van der Waals surface area contributed by atoms with Gasteiger partial charge >= 0.3 is 17.9 Å². The molecule has 0 spiro atoms. The Morgan fingerprint density at radius 3 is 0.934 bits per heavy atom. The van der Waals surface area contributed by atoms with E-state index in [-0.39, 0.29) is 31.1 Å². The Hall–Kier alpha value is -1.59. The molecule has 0 N–H and O–H groups in total. The minimum Gasteiger partial charge on any atom is -0.462 e. The number of rotatable bonds is 49. The monoisotopic (exact) mass is 863 g/mol. The Labute approximate surface area is 380 Å². The Morgan fingerprint density at radius 2 is 0.623 bits per heavy atom. The quantitative estimate of drug-likeness (QED) is 0.0344. The van der Waals surface area contributed by atoms with Crippen LogP contribution in [0.2, 0.25) is 0 Å². The first-order valence-electron chi connectivity index (χ1n) is 27.3. The summed E-state index contributed by atoms with van der Waals surface area (Å²) in [6.45, 7) is 11.4. The molecular formula is C55H106O6. The molecule has 0 saturated carbocycles. The van der Waals surface area contributed by atoms with Gasteiger partial charge < -0.3 is 14.2 Å². The van der Waals surface area contributed by atoms with Crippen LogP contribution in [0.1, 0.15) is 304 Å². The fraction of sp³-hybridized carbons (Fsp3) is 0.945. The molecule has 0 rings (SSSR count). The number of carbonyl (C=O) groups is 3. The molecule has 0 aromatic heterocycles. The summed E-state index contributed by atoms with van der Waals surface area (Å²) in [7, 11) is 0. The average molecular weight is 863 g/mol. The smallest absolute Gasteiger partial charge is 0.306 e. The first-order chi connectivity index (χ1) is 29.8. The minimum atomic E-state index is -0.761. The predicted octanol–water partition coefficient (Wildman–Crippen LogP) is 17.7. The highest BCUT2D eigenvalue weighted by molar-refractivity contribution is 5.71. The zero-order valence-corrected chi connectivity index (χ0v) is 41.8. The van der Waals surface area contributed by atoms with Crippen LogP contribution in [0.3, 0.4) is 0 Å². The molecule has 61 heavy (non-hydrogen) atoms. The summed E-state index contributed by atoms with van der Waals surface area (Å²) in [6, 6.07) is 0. The third-order valence-electron chi connectivity index (χ3n) is 12.8. The molecular weight excluding hydrogens is 757 g/mol. The number of hydrogen-bond donors (Lipinski definition) is 0. The van der Waals surface area contributed by atoms with Gasteiger partial charge in [-0.05, 0) is 31.1 Å². The minimum absolute atomic E-state index is 0.0633. The molecule has 0 aliphatic rings. The van der Waals surface area contributed by atoms with Gasteiger partial charge in [0.1, 0.15) is 13.2 Å². The lowest BCUT2D eigenvalue weighted by atomic mass is 9.99. The SMILES string of the molecule is CCCCCCCCCCCC(=O)O[C@H](COC(=O)CCCCCCCCCCCCCCCCC(C)CC)COC(=O)CCCCCCCCCCCCCCCC(C)C. The normalized spacial score (nSPS) is 12.5. The van der Waals surface area contributed by atoms with Crippen molar-refractivity contribution in [1.82, 2.24) is 0 Å². The number of hydrogen-bond acceptors (Lipinski definition) is 6. The molecule has 0 saturated heterocycles. The predicted molar refractivity (Wildman–Crippen MR) is 261 cm³/mol. The summed E-state index contributed by atoms with van der Waals surface area (Å²) >= 11 is 0. The van der Waals surface area contributed by atoms with Gasteiger partial charge in [0.05, 0.1) is 0 Å². The van der Waals surface area contributed by atoms with Crippen molar-refractivity contribution in [3.63, 3.8) is 0 Å². The molecule has 1 unspecified atom stereocenters. The molecule has 362 valence electrons. The molecule has 0 radical (unpaired) electrons. The van der Waals surface area contributed by atoms with Gasteiger partial charge in [0, 0.05) is 19.3 Å². The average Bonchev–Trinajstić information content (AvgIpc) is 3.24. The van der Waals surface area contributed by atoms with Gasteiger partial charge in [-0.15, -0.1) is 0 Å². The van der Waals surface area contributed by atoms with Crippen LogP contribution in [0.5, 0.6) is 0 Å². The summed E-state index contributed by atoms with van der Waals surface area (Å²) in [5, 5.41) is 0. The second-order valence-corrected chi connectivity index (χ2v) is 19.6. The van der Waals surface area contributed by atoms with Gasteiger partial charge in [0.25, 0.3) is 0 Å². The highest BCUT2D eigenvalue weighted by atomic mass is 16.6. The lowest BCUT2D eigenvalue weighted by molar-refractivity contribution is -0.167. The topological polar surface area (TPSA) is 78.9 Å². The number of ether oxygens (including phenoxy) is 3. The van der Waals surface area contributed by atoms with Crippen LogP contribution in [-0.4, -0.2) is 37.2 Å². The Kier molecular flexibility index (Phi) is 46.6. The van der Waals surface area contributed by atoms with Gasteiger partial charge in [-0.2, -0.15) is 0 Å². The van der Waals surface area contributed by atoms with Crippen LogP contribution in [0.15, 0.2) is 0 Å². The van der Waals surface area contributed by atoms with E-state index in [0.29, 0.717) is 19.3 Å². The van der Waals surface area contributed by atoms with Crippen molar-refractivity contribution >= 4 is 17.9 Å². The lowest BCUT2D eigenvalue weighted by Gasteiger charge is -2.18. The van der Waals surface area contributed by atoms with E-state index in [2.05, 4.69) is 34.6 Å². The Morgan fingerprint density at radius 1 is 0.344 bits per heavy atom. The second-order valence-electron chi connectivity index (χ2n) is 19.6. The molecule has 0 bridgehead atoms. The van der Waals surface area contributed by atoms with E-state index in [4.69, 9.17) is 14.2 Å². The van der Waals surface area contributed by atoms with E-state index in [9.17, 15) is 14.4 Å². The summed E-state index contributed by atoms with van der Waals surface area (Å²) in [5.74, 6) is 0.889. The maximum atomic E-state index is 12.7. The van der Waals surface area contributed by atoms with E-state index >= 15 is 0 Å². The molecule has 0 aliphatic carbocycles. The van der Waals surface area contributed by atoms with Gasteiger partial charge in [-0.3, -0.25) is 14.4 Å². The fourth-order valence-electron chi connectivity index (χ4n) is 8.31. The molecule has 0 aliphatic heterocycles. The summed E-state index contributed by atoms with van der Waals surface area (Å²) in [4.78, 5) is 37.9. The van der Waals surface area contributed by atoms with Crippen molar-refractivity contribution in [1.29, 1.82) is 0 Å². The molecule has 0 fully saturated rings. The van der Waals surface area contributed by atoms with E-state index in [1.54, 1.807) is 0 Å². The third-order valence-corrected chi connectivity index (χ3v) is 12.8. The molecule has 0 heterocycles. The number of esters is 3. The Bertz CT molecular complexity index is 933. The van der Waals surface area contributed by atoms with Crippen molar-refractivity contribution < 1.29 is 28.6 Å². The van der Waals surface area contributed by atoms with Crippen LogP contribution >= 0.6 is 0 Å². The standard InChI is InChI=1S/C55H106O6/c1-6-8-9-10-11-23-32-37-42-47-55(58)61-52(49-60-54(57)46-41-36-31-27-22-18-14-15-19-24-28-33-38-43-50(3)4)48-59-53(56)45-40-35-30-26-21-17-13-12-16-20-25-29-34-39-44-51(5)7-2/h50-52H,6-49H2,1-5H3/t51?,52-/m1/s1. The van der Waals surface area contributed by atoms with Crippen LogP contribution in [0, 0.1) is 11.8 Å². The van der Waals surface area contributed by atoms with Crippen molar-refractivity contribution in [2.45, 2.75) is 310 Å². The molecule has 0 aromatic carbocycles. The van der Waals surface area contributed by atoms with E-state index < -0.39 is 6.10 Å². The van der Waals surface area contributed by atoms with E-state index in [1.165, 1.54) is 193 Å². The zero-order chi connectivity index (χ0) is 44.7. The number of carbonyl (C=O) groups excluding carboxylic acids is 3. The van der Waals surface area contributed by atoms with E-state index in [1.807, 2.05) is 0 Å². The second kappa shape index (κ2) is 47.9. The number of unbranched alkanes of at least 4 members (excludes halogenated alkanes) is 33. The largest absolute Gasteiger partial charge is 0.462 e. The van der Waals surface area contributed by atoms with E-state index in [0.717, 1.165) is 69.6 Å². The third kappa shape index (κ3) is 47.7. The van der Waals surface area contributed by atoms with Crippen molar-refractivity contribution in [3.8, 4) is 0 Å². The fourth-order valence-corrected chi connectivity index (χ4v) is 8.31. The first-order valence-corrected chi connectivity index (χ1v) is 27.3. The zero-order valence-electron chi connectivity index (χ0n) is 41.8.